The predicted octanol–water partition coefficient (Wildman–Crippen LogP) is 2.56. The Morgan fingerprint density at radius 1 is 1.59 bits per heavy atom. The Morgan fingerprint density at radius 2 is 2.41 bits per heavy atom. The number of thiophene rings is 1. The molecule has 0 unspecified atom stereocenters. The first-order chi connectivity index (χ1) is 8.29. The van der Waals surface area contributed by atoms with Crippen LogP contribution in [0.1, 0.15) is 24.8 Å². The first kappa shape index (κ1) is 12.4. The van der Waals surface area contributed by atoms with Crippen LogP contribution in [0.3, 0.4) is 0 Å². The molecule has 0 bridgehead atoms. The van der Waals surface area contributed by atoms with Crippen LogP contribution in [0.15, 0.2) is 21.8 Å². The molecule has 17 heavy (non-hydrogen) atoms. The molecule has 0 spiro atoms. The van der Waals surface area contributed by atoms with Crippen LogP contribution >= 0.6 is 11.3 Å². The van der Waals surface area contributed by atoms with E-state index in [1.165, 1.54) is 24.8 Å². The number of nitrogens with zero attached hydrogens (tertiary/aromatic N) is 2. The molecule has 1 heterocycles. The highest BCUT2D eigenvalue weighted by Gasteiger charge is 2.20. The number of rotatable bonds is 5. The second-order valence-electron chi connectivity index (χ2n) is 4.69. The van der Waals surface area contributed by atoms with E-state index < -0.39 is 0 Å². The van der Waals surface area contributed by atoms with E-state index in [2.05, 4.69) is 39.1 Å². The van der Waals surface area contributed by atoms with Gasteiger partial charge in [0, 0.05) is 27.2 Å². The van der Waals surface area contributed by atoms with Crippen LogP contribution in [0.25, 0.3) is 0 Å². The summed E-state index contributed by atoms with van der Waals surface area (Å²) < 4.78 is 0. The summed E-state index contributed by atoms with van der Waals surface area (Å²) in [4.78, 5) is 6.50. The highest BCUT2D eigenvalue weighted by molar-refractivity contribution is 7.07. The van der Waals surface area contributed by atoms with Gasteiger partial charge in [0.2, 0.25) is 0 Å². The minimum Gasteiger partial charge on any atom is -0.356 e. The predicted molar refractivity (Wildman–Crippen MR) is 74.5 cm³/mol. The monoisotopic (exact) mass is 251 g/mol. The van der Waals surface area contributed by atoms with Crippen molar-refractivity contribution in [2.24, 2.45) is 10.9 Å². The van der Waals surface area contributed by atoms with Gasteiger partial charge in [0.15, 0.2) is 5.96 Å². The van der Waals surface area contributed by atoms with Gasteiger partial charge in [-0.3, -0.25) is 4.99 Å². The van der Waals surface area contributed by atoms with E-state index in [9.17, 15) is 0 Å². The Labute approximate surface area is 108 Å². The van der Waals surface area contributed by atoms with Crippen molar-refractivity contribution in [3.63, 3.8) is 0 Å². The van der Waals surface area contributed by atoms with Gasteiger partial charge in [-0.15, -0.1) is 0 Å². The lowest BCUT2D eigenvalue weighted by Crippen LogP contribution is -2.38. The summed E-state index contributed by atoms with van der Waals surface area (Å²) in [5, 5.41) is 7.74. The highest BCUT2D eigenvalue weighted by atomic mass is 32.1. The average Bonchev–Trinajstić information content (AvgIpc) is 3.01. The Morgan fingerprint density at radius 3 is 3.00 bits per heavy atom. The van der Waals surface area contributed by atoms with E-state index in [0.29, 0.717) is 0 Å². The third-order valence-corrected chi connectivity index (χ3v) is 3.84. The van der Waals surface area contributed by atoms with Crippen molar-refractivity contribution in [2.75, 3.05) is 20.6 Å². The largest absolute Gasteiger partial charge is 0.356 e. The molecule has 1 N–H and O–H groups in total. The van der Waals surface area contributed by atoms with Crippen LogP contribution in [0.4, 0.5) is 0 Å². The Balaban J connectivity index is 1.75. The fourth-order valence-corrected chi connectivity index (χ4v) is 2.57. The third kappa shape index (κ3) is 4.04. The zero-order valence-corrected chi connectivity index (χ0v) is 11.5. The van der Waals surface area contributed by atoms with E-state index in [4.69, 9.17) is 0 Å². The molecule has 0 aromatic carbocycles. The molecule has 1 aliphatic rings. The molecule has 2 rings (SSSR count). The molecule has 94 valence electrons. The molecule has 0 radical (unpaired) electrons. The van der Waals surface area contributed by atoms with Crippen molar-refractivity contribution < 1.29 is 0 Å². The summed E-state index contributed by atoms with van der Waals surface area (Å²) in [6.07, 6.45) is 4.13. The molecule has 0 atom stereocenters. The topological polar surface area (TPSA) is 27.6 Å². The van der Waals surface area contributed by atoms with Gasteiger partial charge >= 0.3 is 0 Å². The van der Waals surface area contributed by atoms with Crippen LogP contribution in [0.5, 0.6) is 0 Å². The first-order valence-corrected chi connectivity index (χ1v) is 7.16. The van der Waals surface area contributed by atoms with Crippen LogP contribution in [-0.2, 0) is 6.54 Å². The molecule has 1 aromatic rings. The Hall–Kier alpha value is -1.03. The van der Waals surface area contributed by atoms with Crippen LogP contribution < -0.4 is 5.32 Å². The smallest absolute Gasteiger partial charge is 0.193 e. The van der Waals surface area contributed by atoms with Crippen molar-refractivity contribution in [1.29, 1.82) is 0 Å². The van der Waals surface area contributed by atoms with Gasteiger partial charge in [0.05, 0.1) is 0 Å². The SMILES string of the molecule is CN=C(NCCC1CC1)N(C)Cc1ccsc1. The molecular formula is C13H21N3S. The standard InChI is InChI=1S/C13H21N3S/c1-14-13(15-7-5-11-3-4-11)16(2)9-12-6-8-17-10-12/h6,8,10-11H,3-5,7,9H2,1-2H3,(H,14,15). The number of nitrogens with one attached hydrogen (secondary N) is 1. The third-order valence-electron chi connectivity index (χ3n) is 3.11. The molecule has 1 aromatic heterocycles. The summed E-state index contributed by atoms with van der Waals surface area (Å²) in [5.41, 5.74) is 1.35. The van der Waals surface area contributed by atoms with Crippen LogP contribution in [0, 0.1) is 5.92 Å². The van der Waals surface area contributed by atoms with Crippen molar-refractivity contribution in [3.8, 4) is 0 Å². The zero-order chi connectivity index (χ0) is 12.1. The first-order valence-electron chi connectivity index (χ1n) is 6.22. The van der Waals surface area contributed by atoms with Crippen molar-refractivity contribution >= 4 is 17.3 Å². The lowest BCUT2D eigenvalue weighted by atomic mass is 10.3. The number of aliphatic imine (C=N–C) groups is 1. The fourth-order valence-electron chi connectivity index (χ4n) is 1.91. The molecule has 1 fully saturated rings. The number of hydrogen-bond acceptors (Lipinski definition) is 2. The fraction of sp³-hybridized carbons (Fsp3) is 0.615. The lowest BCUT2D eigenvalue weighted by molar-refractivity contribution is 0.475. The van der Waals surface area contributed by atoms with Crippen molar-refractivity contribution in [1.82, 2.24) is 10.2 Å². The second-order valence-corrected chi connectivity index (χ2v) is 5.47. The van der Waals surface area contributed by atoms with Crippen LogP contribution in [-0.4, -0.2) is 31.5 Å². The van der Waals surface area contributed by atoms with Crippen molar-refractivity contribution in [2.45, 2.75) is 25.8 Å². The summed E-state index contributed by atoms with van der Waals surface area (Å²) in [7, 11) is 3.94. The average molecular weight is 251 g/mol. The highest BCUT2D eigenvalue weighted by Crippen LogP contribution is 2.31. The lowest BCUT2D eigenvalue weighted by Gasteiger charge is -2.21. The van der Waals surface area contributed by atoms with Gasteiger partial charge < -0.3 is 10.2 Å². The zero-order valence-electron chi connectivity index (χ0n) is 10.6. The maximum atomic E-state index is 4.32. The van der Waals surface area contributed by atoms with Gasteiger partial charge in [-0.1, -0.05) is 12.8 Å². The van der Waals surface area contributed by atoms with E-state index in [0.717, 1.165) is 25.0 Å². The van der Waals surface area contributed by atoms with Crippen LogP contribution in [0.2, 0.25) is 0 Å². The Bertz CT molecular complexity index is 355. The molecule has 3 nitrogen and oxygen atoms in total. The molecular weight excluding hydrogens is 230 g/mol. The molecule has 1 aliphatic carbocycles. The summed E-state index contributed by atoms with van der Waals surface area (Å²) in [6, 6.07) is 2.17. The number of hydrogen-bond donors (Lipinski definition) is 1. The van der Waals surface area contributed by atoms with E-state index in [1.54, 1.807) is 11.3 Å². The van der Waals surface area contributed by atoms with Crippen molar-refractivity contribution in [3.05, 3.63) is 22.4 Å². The summed E-state index contributed by atoms with van der Waals surface area (Å²) >= 11 is 1.74. The maximum Gasteiger partial charge on any atom is 0.193 e. The van der Waals surface area contributed by atoms with Gasteiger partial charge in [-0.05, 0) is 34.7 Å². The van der Waals surface area contributed by atoms with Gasteiger partial charge in [0.25, 0.3) is 0 Å². The quantitative estimate of drug-likeness (QED) is 0.643. The molecule has 0 saturated heterocycles. The van der Waals surface area contributed by atoms with E-state index in [-0.39, 0.29) is 0 Å². The molecule has 4 heteroatoms. The molecule has 0 amide bonds. The number of guanidine groups is 1. The summed E-state index contributed by atoms with van der Waals surface area (Å²) in [6.45, 7) is 1.97. The normalized spacial score (nSPS) is 16.0. The maximum absolute atomic E-state index is 4.32. The van der Waals surface area contributed by atoms with Gasteiger partial charge in [-0.25, -0.2) is 0 Å². The minimum atomic E-state index is 0.923. The minimum absolute atomic E-state index is 0.923. The Kier molecular flexibility index (Phi) is 4.42. The summed E-state index contributed by atoms with van der Waals surface area (Å²) in [5.74, 6) is 1.97. The second kappa shape index (κ2) is 6.05. The molecule has 0 aliphatic heterocycles. The molecule has 1 saturated carbocycles. The van der Waals surface area contributed by atoms with Gasteiger partial charge in [0.1, 0.15) is 0 Å². The van der Waals surface area contributed by atoms with E-state index >= 15 is 0 Å². The van der Waals surface area contributed by atoms with E-state index in [1.807, 2.05) is 7.05 Å². The van der Waals surface area contributed by atoms with Gasteiger partial charge in [-0.2, -0.15) is 11.3 Å².